The number of carbonyl (C=O) groups excluding carboxylic acids is 1. The minimum Gasteiger partial charge on any atom is -0.341 e. The van der Waals surface area contributed by atoms with Crippen LogP contribution < -0.4 is 9.62 Å². The normalized spacial score (nSPS) is 15.0. The topological polar surface area (TPSA) is 92.3 Å². The van der Waals surface area contributed by atoms with E-state index in [0.717, 1.165) is 25.9 Å². The lowest BCUT2D eigenvalue weighted by molar-refractivity contribution is 0.101. The van der Waals surface area contributed by atoms with Crippen LogP contribution in [0.5, 0.6) is 0 Å². The maximum absolute atomic E-state index is 12.5. The number of hydrogen-bond acceptors (Lipinski definition) is 6. The van der Waals surface area contributed by atoms with E-state index in [1.165, 1.54) is 25.5 Å². The van der Waals surface area contributed by atoms with Crippen molar-refractivity contribution in [2.24, 2.45) is 0 Å². The molecule has 1 aliphatic heterocycles. The van der Waals surface area contributed by atoms with Crippen LogP contribution in [0.25, 0.3) is 0 Å². The predicted molar refractivity (Wildman–Crippen MR) is 98.6 cm³/mol. The minimum atomic E-state index is -3.73. The summed E-state index contributed by atoms with van der Waals surface area (Å²) >= 11 is 0. The Balaban J connectivity index is 1.71. The van der Waals surface area contributed by atoms with E-state index < -0.39 is 10.0 Å². The molecule has 1 N–H and O–H groups in total. The summed E-state index contributed by atoms with van der Waals surface area (Å²) < 4.78 is 27.5. The van der Waals surface area contributed by atoms with Crippen molar-refractivity contribution in [2.45, 2.75) is 37.6 Å². The van der Waals surface area contributed by atoms with E-state index in [4.69, 9.17) is 0 Å². The molecule has 1 saturated heterocycles. The first-order valence-electron chi connectivity index (χ1n) is 8.63. The third kappa shape index (κ3) is 4.44. The van der Waals surface area contributed by atoms with Crippen LogP contribution in [0.1, 0.15) is 42.2 Å². The van der Waals surface area contributed by atoms with Gasteiger partial charge in [-0.15, -0.1) is 0 Å². The molecule has 0 saturated carbocycles. The van der Waals surface area contributed by atoms with Gasteiger partial charge in [0, 0.05) is 24.8 Å². The van der Waals surface area contributed by atoms with Gasteiger partial charge in [0.2, 0.25) is 16.0 Å². The lowest BCUT2D eigenvalue weighted by Gasteiger charge is -2.26. The number of ketones is 1. The Hall–Kier alpha value is -2.32. The van der Waals surface area contributed by atoms with Crippen molar-refractivity contribution >= 4 is 21.8 Å². The zero-order chi connectivity index (χ0) is 18.6. The van der Waals surface area contributed by atoms with E-state index in [-0.39, 0.29) is 17.2 Å². The summed E-state index contributed by atoms with van der Waals surface area (Å²) in [6.07, 6.45) is 5.10. The van der Waals surface area contributed by atoms with Crippen LogP contribution >= 0.6 is 0 Å². The molecule has 0 spiro atoms. The number of anilines is 1. The van der Waals surface area contributed by atoms with Gasteiger partial charge in [-0.25, -0.2) is 23.1 Å². The first-order valence-corrected chi connectivity index (χ1v) is 10.1. The van der Waals surface area contributed by atoms with Crippen molar-refractivity contribution in [3.05, 3.63) is 47.8 Å². The molecule has 7 nitrogen and oxygen atoms in total. The van der Waals surface area contributed by atoms with Crippen LogP contribution in [0.15, 0.2) is 41.4 Å². The summed E-state index contributed by atoms with van der Waals surface area (Å²) in [5.41, 5.74) is 0.967. The Labute approximate surface area is 153 Å². The van der Waals surface area contributed by atoms with Gasteiger partial charge in [-0.2, -0.15) is 0 Å². The lowest BCUT2D eigenvalue weighted by Crippen LogP contribution is -2.31. The van der Waals surface area contributed by atoms with Crippen LogP contribution in [0.2, 0.25) is 0 Å². The summed E-state index contributed by atoms with van der Waals surface area (Å²) in [5, 5.41) is 0. The number of rotatable bonds is 6. The Morgan fingerprint density at radius 3 is 2.69 bits per heavy atom. The molecule has 0 bridgehead atoms. The summed E-state index contributed by atoms with van der Waals surface area (Å²) in [6.45, 7) is 3.32. The summed E-state index contributed by atoms with van der Waals surface area (Å²) in [4.78, 5) is 22.4. The molecule has 26 heavy (non-hydrogen) atoms. The molecule has 1 aromatic heterocycles. The number of hydrogen-bond donors (Lipinski definition) is 1. The smallest absolute Gasteiger partial charge is 0.240 e. The minimum absolute atomic E-state index is 0.0653. The monoisotopic (exact) mass is 374 g/mol. The zero-order valence-electron chi connectivity index (χ0n) is 14.7. The second-order valence-corrected chi connectivity index (χ2v) is 8.07. The number of sulfonamides is 1. The molecule has 0 aliphatic carbocycles. The van der Waals surface area contributed by atoms with Gasteiger partial charge in [0.1, 0.15) is 0 Å². The van der Waals surface area contributed by atoms with E-state index in [1.54, 1.807) is 24.4 Å². The van der Waals surface area contributed by atoms with Gasteiger partial charge in [0.25, 0.3) is 0 Å². The third-order valence-electron chi connectivity index (χ3n) is 4.33. The van der Waals surface area contributed by atoms with Crippen molar-refractivity contribution in [1.29, 1.82) is 0 Å². The SMILES string of the molecule is CC(=O)c1cccc(S(=O)(=O)NCc2ccnc(N3CCCCC3)n2)c1. The molecule has 1 aliphatic rings. The molecular formula is C18H22N4O3S. The molecule has 138 valence electrons. The van der Waals surface area contributed by atoms with E-state index in [0.29, 0.717) is 17.2 Å². The van der Waals surface area contributed by atoms with E-state index in [1.807, 2.05) is 0 Å². The highest BCUT2D eigenvalue weighted by Crippen LogP contribution is 2.16. The predicted octanol–water partition coefficient (Wildman–Crippen LogP) is 2.15. The van der Waals surface area contributed by atoms with Gasteiger partial charge in [-0.3, -0.25) is 4.79 Å². The van der Waals surface area contributed by atoms with E-state index in [9.17, 15) is 13.2 Å². The molecule has 0 amide bonds. The number of carbonyl (C=O) groups is 1. The molecule has 1 fully saturated rings. The quantitative estimate of drug-likeness (QED) is 0.779. The fourth-order valence-electron chi connectivity index (χ4n) is 2.86. The highest BCUT2D eigenvalue weighted by atomic mass is 32.2. The summed E-state index contributed by atoms with van der Waals surface area (Å²) in [7, 11) is -3.73. The molecule has 8 heteroatoms. The van der Waals surface area contributed by atoms with Crippen LogP contribution in [0.4, 0.5) is 5.95 Å². The molecule has 0 radical (unpaired) electrons. The molecule has 0 unspecified atom stereocenters. The fraction of sp³-hybridized carbons (Fsp3) is 0.389. The van der Waals surface area contributed by atoms with Crippen LogP contribution in [0, 0.1) is 0 Å². The van der Waals surface area contributed by atoms with Crippen LogP contribution in [0.3, 0.4) is 0 Å². The first kappa shape index (κ1) is 18.5. The lowest BCUT2D eigenvalue weighted by atomic mass is 10.1. The average molecular weight is 374 g/mol. The van der Waals surface area contributed by atoms with Gasteiger partial charge in [-0.05, 0) is 44.4 Å². The van der Waals surface area contributed by atoms with Crippen molar-refractivity contribution in [3.63, 3.8) is 0 Å². The van der Waals surface area contributed by atoms with Crippen molar-refractivity contribution in [3.8, 4) is 0 Å². The van der Waals surface area contributed by atoms with Crippen molar-refractivity contribution in [2.75, 3.05) is 18.0 Å². The Bertz CT molecular complexity index is 893. The van der Waals surface area contributed by atoms with E-state index in [2.05, 4.69) is 19.6 Å². The van der Waals surface area contributed by atoms with Gasteiger partial charge in [0.05, 0.1) is 17.1 Å². The molecular weight excluding hydrogens is 352 g/mol. The number of piperidine rings is 1. The molecule has 0 atom stereocenters. The highest BCUT2D eigenvalue weighted by Gasteiger charge is 2.17. The van der Waals surface area contributed by atoms with Crippen molar-refractivity contribution < 1.29 is 13.2 Å². The Morgan fingerprint density at radius 1 is 1.19 bits per heavy atom. The Morgan fingerprint density at radius 2 is 1.96 bits per heavy atom. The van der Waals surface area contributed by atoms with Gasteiger partial charge in [0.15, 0.2) is 5.78 Å². The number of Topliss-reactive ketones (excluding diaryl/α,β-unsaturated/α-hetero) is 1. The van der Waals surface area contributed by atoms with Gasteiger partial charge in [-0.1, -0.05) is 12.1 Å². The second kappa shape index (κ2) is 7.92. The number of nitrogens with one attached hydrogen (secondary N) is 1. The summed E-state index contributed by atoms with van der Waals surface area (Å²) in [6, 6.07) is 7.70. The molecule has 1 aromatic carbocycles. The maximum Gasteiger partial charge on any atom is 0.240 e. The fourth-order valence-corrected chi connectivity index (χ4v) is 3.91. The number of benzene rings is 1. The third-order valence-corrected chi connectivity index (χ3v) is 5.73. The number of nitrogens with zero attached hydrogens (tertiary/aromatic N) is 3. The second-order valence-electron chi connectivity index (χ2n) is 6.30. The summed E-state index contributed by atoms with van der Waals surface area (Å²) in [5.74, 6) is 0.462. The van der Waals surface area contributed by atoms with Gasteiger partial charge >= 0.3 is 0 Å². The zero-order valence-corrected chi connectivity index (χ0v) is 15.5. The van der Waals surface area contributed by atoms with Crippen molar-refractivity contribution in [1.82, 2.24) is 14.7 Å². The average Bonchev–Trinajstić information content (AvgIpc) is 2.67. The Kier molecular flexibility index (Phi) is 5.63. The number of aromatic nitrogens is 2. The molecule has 2 aromatic rings. The standard InChI is InChI=1S/C18H22N4O3S/c1-14(23)15-6-5-7-17(12-15)26(24,25)20-13-16-8-9-19-18(21-16)22-10-3-2-4-11-22/h5-9,12,20H,2-4,10-11,13H2,1H3. The molecule has 3 rings (SSSR count). The molecule has 2 heterocycles. The van der Waals surface area contributed by atoms with E-state index >= 15 is 0 Å². The largest absolute Gasteiger partial charge is 0.341 e. The highest BCUT2D eigenvalue weighted by molar-refractivity contribution is 7.89. The van der Waals surface area contributed by atoms with Crippen LogP contribution in [-0.2, 0) is 16.6 Å². The maximum atomic E-state index is 12.5. The van der Waals surface area contributed by atoms with Gasteiger partial charge < -0.3 is 4.90 Å². The van der Waals surface area contributed by atoms with Crippen LogP contribution in [-0.4, -0.2) is 37.3 Å². The first-order chi connectivity index (χ1) is 12.5.